The van der Waals surface area contributed by atoms with Crippen LogP contribution in [0, 0.1) is 11.7 Å². The molecule has 1 aliphatic heterocycles. The van der Waals surface area contributed by atoms with Crippen molar-refractivity contribution in [1.82, 2.24) is 15.0 Å². The Morgan fingerprint density at radius 1 is 1.21 bits per heavy atom. The number of aromatic nitrogens is 1. The van der Waals surface area contributed by atoms with E-state index in [-0.39, 0.29) is 11.7 Å². The van der Waals surface area contributed by atoms with Crippen LogP contribution < -0.4 is 0 Å². The van der Waals surface area contributed by atoms with Gasteiger partial charge in [-0.15, -0.1) is 0 Å². The van der Waals surface area contributed by atoms with Crippen molar-refractivity contribution in [3.63, 3.8) is 0 Å². The topological polar surface area (TPSA) is 52.7 Å². The number of nitrogens with zero attached hydrogens (tertiary/aromatic N) is 3. The minimum Gasteiger partial charge on any atom is -0.388 e. The van der Waals surface area contributed by atoms with Gasteiger partial charge < -0.3 is 19.4 Å². The van der Waals surface area contributed by atoms with E-state index in [9.17, 15) is 9.50 Å². The van der Waals surface area contributed by atoms with E-state index >= 15 is 0 Å². The standard InChI is InChI=1S/C22H30FN3O2/c1-25-11-13-26(14-12-25)10-3-2-5-16-8-9-19-20(22(16)27)21(24-28-19)17-6-4-7-18(23)15-17/h4,6-7,15-16,22,27H,2-3,5,8-14H2,1H3. The second-order valence-electron chi connectivity index (χ2n) is 8.26. The van der Waals surface area contributed by atoms with E-state index in [1.807, 2.05) is 6.07 Å². The Morgan fingerprint density at radius 3 is 2.82 bits per heavy atom. The van der Waals surface area contributed by atoms with Gasteiger partial charge in [-0.05, 0) is 50.9 Å². The lowest BCUT2D eigenvalue weighted by Gasteiger charge is -2.32. The van der Waals surface area contributed by atoms with E-state index in [0.29, 0.717) is 11.3 Å². The molecule has 0 bridgehead atoms. The average molecular weight is 387 g/mol. The van der Waals surface area contributed by atoms with Crippen molar-refractivity contribution in [1.29, 1.82) is 0 Å². The molecule has 1 fully saturated rings. The first-order valence-electron chi connectivity index (χ1n) is 10.4. The van der Waals surface area contributed by atoms with Crippen LogP contribution >= 0.6 is 0 Å². The van der Waals surface area contributed by atoms with Crippen LogP contribution in [0.5, 0.6) is 0 Å². The van der Waals surface area contributed by atoms with Gasteiger partial charge in [0.25, 0.3) is 0 Å². The molecule has 1 saturated heterocycles. The first kappa shape index (κ1) is 19.6. The molecule has 2 heterocycles. The minimum absolute atomic E-state index is 0.215. The number of hydrogen-bond acceptors (Lipinski definition) is 5. The number of hydrogen-bond donors (Lipinski definition) is 1. The maximum absolute atomic E-state index is 13.6. The summed E-state index contributed by atoms with van der Waals surface area (Å²) in [4.78, 5) is 4.92. The molecule has 2 aromatic rings. The molecule has 28 heavy (non-hydrogen) atoms. The fraction of sp³-hybridized carbons (Fsp3) is 0.591. The van der Waals surface area contributed by atoms with Gasteiger partial charge in [0.2, 0.25) is 0 Å². The van der Waals surface area contributed by atoms with E-state index in [1.54, 1.807) is 6.07 Å². The number of fused-ring (bicyclic) bond motifs is 1. The summed E-state index contributed by atoms with van der Waals surface area (Å²) in [6.45, 7) is 5.76. The van der Waals surface area contributed by atoms with Crippen LogP contribution in [0.4, 0.5) is 4.39 Å². The van der Waals surface area contributed by atoms with E-state index in [2.05, 4.69) is 22.0 Å². The van der Waals surface area contributed by atoms with Crippen molar-refractivity contribution in [2.75, 3.05) is 39.8 Å². The van der Waals surface area contributed by atoms with E-state index in [1.165, 1.54) is 18.6 Å². The summed E-state index contributed by atoms with van der Waals surface area (Å²) >= 11 is 0. The predicted molar refractivity (Wildman–Crippen MR) is 106 cm³/mol. The molecule has 0 spiro atoms. The van der Waals surface area contributed by atoms with Crippen LogP contribution in [0.1, 0.15) is 43.1 Å². The van der Waals surface area contributed by atoms with Gasteiger partial charge in [0, 0.05) is 38.2 Å². The number of aryl methyl sites for hydroxylation is 1. The van der Waals surface area contributed by atoms with Crippen LogP contribution in [0.2, 0.25) is 0 Å². The molecule has 6 heteroatoms. The zero-order valence-electron chi connectivity index (χ0n) is 16.6. The Labute approximate surface area is 166 Å². The highest BCUT2D eigenvalue weighted by Crippen LogP contribution is 2.42. The molecular weight excluding hydrogens is 357 g/mol. The highest BCUT2D eigenvalue weighted by atomic mass is 19.1. The highest BCUT2D eigenvalue weighted by Gasteiger charge is 2.34. The van der Waals surface area contributed by atoms with Crippen LogP contribution in [-0.4, -0.2) is 59.8 Å². The molecule has 5 nitrogen and oxygen atoms in total. The van der Waals surface area contributed by atoms with Crippen LogP contribution in [0.3, 0.4) is 0 Å². The Morgan fingerprint density at radius 2 is 2.04 bits per heavy atom. The van der Waals surface area contributed by atoms with Crippen molar-refractivity contribution in [2.24, 2.45) is 5.92 Å². The molecule has 1 aromatic heterocycles. The van der Waals surface area contributed by atoms with Gasteiger partial charge in [0.1, 0.15) is 17.3 Å². The largest absolute Gasteiger partial charge is 0.388 e. The van der Waals surface area contributed by atoms with E-state index < -0.39 is 6.10 Å². The number of likely N-dealkylation sites (N-methyl/N-ethyl adjacent to an activating group) is 1. The number of aliphatic hydroxyl groups excluding tert-OH is 1. The van der Waals surface area contributed by atoms with Crippen molar-refractivity contribution in [3.05, 3.63) is 41.4 Å². The van der Waals surface area contributed by atoms with Gasteiger partial charge in [-0.25, -0.2) is 4.39 Å². The Kier molecular flexibility index (Phi) is 6.09. The van der Waals surface area contributed by atoms with Gasteiger partial charge in [-0.2, -0.15) is 0 Å². The molecule has 4 rings (SSSR count). The van der Waals surface area contributed by atoms with Crippen molar-refractivity contribution in [3.8, 4) is 11.3 Å². The van der Waals surface area contributed by atoms with Crippen molar-refractivity contribution < 1.29 is 14.0 Å². The predicted octanol–water partition coefficient (Wildman–Crippen LogP) is 3.49. The summed E-state index contributed by atoms with van der Waals surface area (Å²) in [6.07, 6.45) is 4.40. The maximum atomic E-state index is 13.6. The zero-order valence-corrected chi connectivity index (χ0v) is 16.6. The van der Waals surface area contributed by atoms with Gasteiger partial charge in [-0.3, -0.25) is 0 Å². The summed E-state index contributed by atoms with van der Waals surface area (Å²) in [6, 6.07) is 6.34. The smallest absolute Gasteiger partial charge is 0.143 e. The fourth-order valence-electron chi connectivity index (χ4n) is 4.49. The molecule has 0 amide bonds. The van der Waals surface area contributed by atoms with Crippen molar-refractivity contribution >= 4 is 0 Å². The highest BCUT2D eigenvalue weighted by molar-refractivity contribution is 5.64. The number of aliphatic hydroxyl groups is 1. The summed E-state index contributed by atoms with van der Waals surface area (Å²) in [5, 5.41) is 15.1. The fourth-order valence-corrected chi connectivity index (χ4v) is 4.49. The summed E-state index contributed by atoms with van der Waals surface area (Å²) in [7, 11) is 2.18. The number of benzene rings is 1. The summed E-state index contributed by atoms with van der Waals surface area (Å²) in [5.41, 5.74) is 2.02. The molecule has 2 aliphatic rings. The molecule has 1 aliphatic carbocycles. The quantitative estimate of drug-likeness (QED) is 0.769. The van der Waals surface area contributed by atoms with Gasteiger partial charge >= 0.3 is 0 Å². The third-order valence-electron chi connectivity index (χ3n) is 6.28. The number of unbranched alkanes of at least 4 members (excludes halogenated alkanes) is 1. The third-order valence-corrected chi connectivity index (χ3v) is 6.28. The number of piperazine rings is 1. The Balaban J connectivity index is 1.34. The molecule has 2 unspecified atom stereocenters. The SMILES string of the molecule is CN1CCN(CCCCC2CCc3onc(-c4cccc(F)c4)c3C2O)CC1. The number of rotatable bonds is 6. The lowest BCUT2D eigenvalue weighted by atomic mass is 9.80. The molecule has 0 saturated carbocycles. The molecular formula is C22H30FN3O2. The zero-order chi connectivity index (χ0) is 19.5. The van der Waals surface area contributed by atoms with Crippen LogP contribution in [0.15, 0.2) is 28.8 Å². The average Bonchev–Trinajstić information content (AvgIpc) is 3.13. The molecule has 1 N–H and O–H groups in total. The van der Waals surface area contributed by atoms with Crippen LogP contribution in [0.25, 0.3) is 11.3 Å². The Bertz CT molecular complexity index is 786. The first-order valence-corrected chi connectivity index (χ1v) is 10.4. The van der Waals surface area contributed by atoms with Crippen molar-refractivity contribution in [2.45, 2.75) is 38.2 Å². The molecule has 0 radical (unpaired) electrons. The maximum Gasteiger partial charge on any atom is 0.143 e. The second-order valence-corrected chi connectivity index (χ2v) is 8.26. The van der Waals surface area contributed by atoms with Gasteiger partial charge in [0.05, 0.1) is 11.7 Å². The normalized spacial score (nSPS) is 23.7. The minimum atomic E-state index is -0.586. The Hall–Kier alpha value is -1.76. The van der Waals surface area contributed by atoms with E-state index in [4.69, 9.17) is 4.52 Å². The van der Waals surface area contributed by atoms with Gasteiger partial charge in [-0.1, -0.05) is 23.7 Å². The lowest BCUT2D eigenvalue weighted by molar-refractivity contribution is 0.0819. The van der Waals surface area contributed by atoms with Gasteiger partial charge in [0.15, 0.2) is 0 Å². The number of halogens is 1. The van der Waals surface area contributed by atoms with E-state index in [0.717, 1.165) is 69.7 Å². The molecule has 152 valence electrons. The first-order chi connectivity index (χ1) is 13.6. The molecule has 1 aromatic carbocycles. The molecule has 2 atom stereocenters. The summed E-state index contributed by atoms with van der Waals surface area (Å²) in [5.74, 6) is 0.659. The third kappa shape index (κ3) is 4.29. The second kappa shape index (κ2) is 8.72. The monoisotopic (exact) mass is 387 g/mol. The summed E-state index contributed by atoms with van der Waals surface area (Å²) < 4.78 is 19.1. The van der Waals surface area contributed by atoms with Crippen LogP contribution in [-0.2, 0) is 6.42 Å². The lowest BCUT2D eigenvalue weighted by Crippen LogP contribution is -2.44.